The first-order chi connectivity index (χ1) is 10.2. The fourth-order valence-electron chi connectivity index (χ4n) is 2.49. The predicted octanol–water partition coefficient (Wildman–Crippen LogP) is 2.75. The molecule has 108 valence electrons. The number of carbonyl (C=O) groups is 1. The van der Waals surface area contributed by atoms with E-state index < -0.39 is 0 Å². The first-order valence-electron chi connectivity index (χ1n) is 7.08. The van der Waals surface area contributed by atoms with E-state index in [1.165, 1.54) is 0 Å². The summed E-state index contributed by atoms with van der Waals surface area (Å²) in [5.41, 5.74) is 1.79. The summed E-state index contributed by atoms with van der Waals surface area (Å²) in [6.45, 7) is 5.87. The van der Waals surface area contributed by atoms with Gasteiger partial charge in [-0.25, -0.2) is 9.67 Å². The minimum absolute atomic E-state index is 0.530. The lowest BCUT2D eigenvalue weighted by Gasteiger charge is -2.10. The largest absolute Gasteiger partial charge is 0.340 e. The number of nitrogens with zero attached hydrogens (tertiary/aromatic N) is 4. The molecule has 0 radical (unpaired) electrons. The fraction of sp³-hybridized carbons (Fsp3) is 0.312. The molecule has 0 unspecified atom stereocenters. The van der Waals surface area contributed by atoms with Gasteiger partial charge in [-0.3, -0.25) is 4.79 Å². The summed E-state index contributed by atoms with van der Waals surface area (Å²) in [4.78, 5) is 15.2. The fourth-order valence-corrected chi connectivity index (χ4v) is 2.49. The Bertz CT molecular complexity index is 770. The van der Waals surface area contributed by atoms with Gasteiger partial charge in [0.2, 0.25) is 0 Å². The van der Waals surface area contributed by atoms with Crippen LogP contribution in [0, 0.1) is 5.92 Å². The van der Waals surface area contributed by atoms with Crippen molar-refractivity contribution >= 4 is 17.2 Å². The van der Waals surface area contributed by atoms with Crippen LogP contribution in [-0.2, 0) is 13.1 Å². The van der Waals surface area contributed by atoms with Gasteiger partial charge in [-0.2, -0.15) is 5.10 Å². The van der Waals surface area contributed by atoms with E-state index in [9.17, 15) is 4.79 Å². The second-order valence-electron chi connectivity index (χ2n) is 5.63. The Hall–Kier alpha value is -2.43. The van der Waals surface area contributed by atoms with E-state index in [1.807, 2.05) is 35.1 Å². The molecule has 2 aromatic heterocycles. The smallest absolute Gasteiger partial charge is 0.150 e. The highest BCUT2D eigenvalue weighted by Gasteiger charge is 2.09. The molecule has 5 nitrogen and oxygen atoms in total. The molecule has 0 bridgehead atoms. The Morgan fingerprint density at radius 1 is 1.29 bits per heavy atom. The average molecular weight is 282 g/mol. The van der Waals surface area contributed by atoms with E-state index in [-0.39, 0.29) is 0 Å². The van der Waals surface area contributed by atoms with Gasteiger partial charge in [0.05, 0.1) is 6.54 Å². The van der Waals surface area contributed by atoms with E-state index in [0.717, 1.165) is 29.6 Å². The van der Waals surface area contributed by atoms with Crippen molar-refractivity contribution in [2.24, 2.45) is 5.92 Å². The molecule has 0 spiro atoms. The van der Waals surface area contributed by atoms with Crippen LogP contribution in [0.2, 0.25) is 0 Å². The van der Waals surface area contributed by atoms with Gasteiger partial charge >= 0.3 is 0 Å². The highest BCUT2D eigenvalue weighted by molar-refractivity contribution is 5.87. The van der Waals surface area contributed by atoms with Gasteiger partial charge < -0.3 is 4.57 Å². The molecule has 3 rings (SSSR count). The van der Waals surface area contributed by atoms with Crippen molar-refractivity contribution in [1.29, 1.82) is 0 Å². The third-order valence-corrected chi connectivity index (χ3v) is 3.48. The molecular weight excluding hydrogens is 264 g/mol. The Morgan fingerprint density at radius 2 is 2.14 bits per heavy atom. The lowest BCUT2D eigenvalue weighted by molar-refractivity contribution is 0.112. The molecule has 1 aromatic carbocycles. The molecule has 0 aliphatic carbocycles. The first kappa shape index (κ1) is 13.5. The Morgan fingerprint density at radius 3 is 2.90 bits per heavy atom. The number of hydrogen-bond donors (Lipinski definition) is 0. The minimum Gasteiger partial charge on any atom is -0.340 e. The number of aromatic nitrogens is 4. The molecule has 0 aliphatic heterocycles. The van der Waals surface area contributed by atoms with Crippen LogP contribution in [-0.4, -0.2) is 25.6 Å². The standard InChI is InChI=1S/C16H18N4O/c1-12(2)8-20-16(17-11-18-20)9-19-6-5-14-7-13(10-21)3-4-15(14)19/h3-7,10-12H,8-9H2,1-2H3. The lowest BCUT2D eigenvalue weighted by atomic mass is 10.2. The SMILES string of the molecule is CC(C)Cn1ncnc1Cn1ccc2cc(C=O)ccc21. The minimum atomic E-state index is 0.530. The topological polar surface area (TPSA) is 52.7 Å². The van der Waals surface area contributed by atoms with Crippen molar-refractivity contribution in [1.82, 2.24) is 19.3 Å². The maximum Gasteiger partial charge on any atom is 0.150 e. The zero-order valence-electron chi connectivity index (χ0n) is 12.2. The van der Waals surface area contributed by atoms with E-state index >= 15 is 0 Å². The summed E-state index contributed by atoms with van der Waals surface area (Å²) in [5, 5.41) is 5.35. The molecule has 0 aliphatic rings. The number of benzene rings is 1. The molecule has 0 amide bonds. The molecule has 2 heterocycles. The summed E-state index contributed by atoms with van der Waals surface area (Å²) >= 11 is 0. The van der Waals surface area contributed by atoms with Crippen molar-refractivity contribution in [3.05, 3.63) is 48.2 Å². The molecule has 0 atom stereocenters. The van der Waals surface area contributed by atoms with Gasteiger partial charge in [0.1, 0.15) is 18.4 Å². The van der Waals surface area contributed by atoms with Crippen molar-refractivity contribution < 1.29 is 4.79 Å². The van der Waals surface area contributed by atoms with Crippen LogP contribution in [0.25, 0.3) is 10.9 Å². The second-order valence-corrected chi connectivity index (χ2v) is 5.63. The highest BCUT2D eigenvalue weighted by Crippen LogP contribution is 2.18. The van der Waals surface area contributed by atoms with Crippen LogP contribution in [0.15, 0.2) is 36.8 Å². The van der Waals surface area contributed by atoms with Gasteiger partial charge in [-0.05, 0) is 30.2 Å². The number of rotatable bonds is 5. The van der Waals surface area contributed by atoms with E-state index in [4.69, 9.17) is 0 Å². The van der Waals surface area contributed by atoms with Gasteiger partial charge in [-0.1, -0.05) is 13.8 Å². The third-order valence-electron chi connectivity index (χ3n) is 3.48. The van der Waals surface area contributed by atoms with Gasteiger partial charge in [0, 0.05) is 29.2 Å². The lowest BCUT2D eigenvalue weighted by Crippen LogP contribution is -2.12. The Labute approximate surface area is 123 Å². The van der Waals surface area contributed by atoms with Crippen molar-refractivity contribution in [3.8, 4) is 0 Å². The third kappa shape index (κ3) is 2.72. The molecule has 0 saturated carbocycles. The Balaban J connectivity index is 1.92. The van der Waals surface area contributed by atoms with Crippen molar-refractivity contribution in [3.63, 3.8) is 0 Å². The van der Waals surface area contributed by atoms with E-state index in [0.29, 0.717) is 18.0 Å². The van der Waals surface area contributed by atoms with E-state index in [2.05, 4.69) is 28.5 Å². The number of hydrogen-bond acceptors (Lipinski definition) is 3. The number of aldehydes is 1. The molecular formula is C16H18N4O. The van der Waals surface area contributed by atoms with Gasteiger partial charge in [0.15, 0.2) is 0 Å². The number of carbonyl (C=O) groups excluding carboxylic acids is 1. The van der Waals surface area contributed by atoms with Crippen LogP contribution in [0.3, 0.4) is 0 Å². The van der Waals surface area contributed by atoms with Crippen LogP contribution >= 0.6 is 0 Å². The Kier molecular flexibility index (Phi) is 3.56. The molecule has 0 N–H and O–H groups in total. The normalized spacial score (nSPS) is 11.4. The maximum atomic E-state index is 10.8. The molecule has 0 fully saturated rings. The zero-order valence-corrected chi connectivity index (χ0v) is 12.2. The second kappa shape index (κ2) is 5.52. The highest BCUT2D eigenvalue weighted by atomic mass is 16.1. The summed E-state index contributed by atoms with van der Waals surface area (Å²) in [7, 11) is 0. The van der Waals surface area contributed by atoms with Crippen LogP contribution in [0.1, 0.15) is 30.0 Å². The molecule has 5 heteroatoms. The van der Waals surface area contributed by atoms with Crippen LogP contribution < -0.4 is 0 Å². The average Bonchev–Trinajstić information content (AvgIpc) is 3.06. The van der Waals surface area contributed by atoms with Crippen LogP contribution in [0.4, 0.5) is 0 Å². The van der Waals surface area contributed by atoms with E-state index in [1.54, 1.807) is 6.33 Å². The van der Waals surface area contributed by atoms with Gasteiger partial charge in [-0.15, -0.1) is 0 Å². The quantitative estimate of drug-likeness (QED) is 0.676. The van der Waals surface area contributed by atoms with Crippen LogP contribution in [0.5, 0.6) is 0 Å². The molecule has 21 heavy (non-hydrogen) atoms. The number of fused-ring (bicyclic) bond motifs is 1. The summed E-state index contributed by atoms with van der Waals surface area (Å²) in [6, 6.07) is 7.73. The predicted molar refractivity (Wildman–Crippen MR) is 81.3 cm³/mol. The maximum absolute atomic E-state index is 10.8. The van der Waals surface area contributed by atoms with Crippen molar-refractivity contribution in [2.45, 2.75) is 26.9 Å². The summed E-state index contributed by atoms with van der Waals surface area (Å²) in [6.07, 6.45) is 4.50. The summed E-state index contributed by atoms with van der Waals surface area (Å²) in [5.74, 6) is 1.47. The van der Waals surface area contributed by atoms with Crippen molar-refractivity contribution in [2.75, 3.05) is 0 Å². The molecule has 0 saturated heterocycles. The van der Waals surface area contributed by atoms with Gasteiger partial charge in [0.25, 0.3) is 0 Å². The monoisotopic (exact) mass is 282 g/mol. The zero-order chi connectivity index (χ0) is 14.8. The summed E-state index contributed by atoms with van der Waals surface area (Å²) < 4.78 is 4.08. The molecule has 3 aromatic rings. The first-order valence-corrected chi connectivity index (χ1v) is 7.08.